The Morgan fingerprint density at radius 3 is 2.05 bits per heavy atom. The zero-order valence-corrected chi connectivity index (χ0v) is 24.7. The molecule has 0 bridgehead atoms. The van der Waals surface area contributed by atoms with E-state index >= 15 is 0 Å². The molecular formula is C35H40N4O4. The summed E-state index contributed by atoms with van der Waals surface area (Å²) in [5.74, 6) is 1.09. The highest BCUT2D eigenvalue weighted by molar-refractivity contribution is 5.97. The second kappa shape index (κ2) is 13.4. The van der Waals surface area contributed by atoms with E-state index in [1.807, 2.05) is 87.5 Å². The first-order valence-corrected chi connectivity index (χ1v) is 15.6. The number of amides is 3. The van der Waals surface area contributed by atoms with E-state index in [9.17, 15) is 14.4 Å². The van der Waals surface area contributed by atoms with Crippen LogP contribution in [-0.2, 0) is 11.2 Å². The van der Waals surface area contributed by atoms with E-state index in [0.717, 1.165) is 75.4 Å². The summed E-state index contributed by atoms with van der Waals surface area (Å²) in [6, 6.07) is 25.2. The number of piperazine rings is 1. The molecule has 2 fully saturated rings. The molecule has 3 heterocycles. The third-order valence-electron chi connectivity index (χ3n) is 8.91. The number of nitrogens with zero attached hydrogens (tertiary/aromatic N) is 4. The minimum absolute atomic E-state index is 0.0280. The van der Waals surface area contributed by atoms with Crippen molar-refractivity contribution in [2.45, 2.75) is 38.1 Å². The van der Waals surface area contributed by atoms with Crippen molar-refractivity contribution in [3.63, 3.8) is 0 Å². The van der Waals surface area contributed by atoms with E-state index < -0.39 is 0 Å². The van der Waals surface area contributed by atoms with Gasteiger partial charge in [0.15, 0.2) is 0 Å². The first-order valence-electron chi connectivity index (χ1n) is 15.6. The number of fused-ring (bicyclic) bond motifs is 1. The molecule has 6 rings (SSSR count). The quantitative estimate of drug-likeness (QED) is 0.367. The molecule has 0 radical (unpaired) electrons. The number of hydrogen-bond donors (Lipinski definition) is 0. The van der Waals surface area contributed by atoms with Crippen molar-refractivity contribution in [1.29, 1.82) is 0 Å². The van der Waals surface area contributed by atoms with Crippen LogP contribution >= 0.6 is 0 Å². The molecule has 0 N–H and O–H groups in total. The highest BCUT2D eigenvalue weighted by Crippen LogP contribution is 2.32. The third-order valence-corrected chi connectivity index (χ3v) is 8.91. The number of rotatable bonds is 8. The molecule has 3 amide bonds. The van der Waals surface area contributed by atoms with Crippen LogP contribution in [0, 0.1) is 0 Å². The molecule has 0 unspecified atom stereocenters. The average Bonchev–Trinajstić information content (AvgIpc) is 3.07. The van der Waals surface area contributed by atoms with Gasteiger partial charge in [0.05, 0.1) is 6.61 Å². The largest absolute Gasteiger partial charge is 0.494 e. The monoisotopic (exact) mass is 580 g/mol. The standard InChI is InChI=1S/C35H40N4O4/c40-33-16-13-27-7-4-5-10-32(27)39(33)30-17-20-37(21-18-30)35(42)29-11-14-31(15-12-29)43-26-6-19-36-22-24-38(25-23-36)34(41)28-8-2-1-3-9-28/h1-5,7-12,14-15,30H,6,13,16-26H2. The van der Waals surface area contributed by atoms with Gasteiger partial charge in [-0.05, 0) is 73.7 Å². The first kappa shape index (κ1) is 28.9. The zero-order valence-electron chi connectivity index (χ0n) is 24.7. The number of ether oxygens (including phenoxy) is 1. The fourth-order valence-corrected chi connectivity index (χ4v) is 6.47. The number of para-hydroxylation sites is 1. The van der Waals surface area contributed by atoms with E-state index in [1.54, 1.807) is 0 Å². The number of hydrogen-bond acceptors (Lipinski definition) is 5. The molecule has 3 aromatic rings. The van der Waals surface area contributed by atoms with Gasteiger partial charge in [0.25, 0.3) is 11.8 Å². The summed E-state index contributed by atoms with van der Waals surface area (Å²) in [6.07, 6.45) is 3.82. The van der Waals surface area contributed by atoms with Gasteiger partial charge < -0.3 is 19.4 Å². The minimum Gasteiger partial charge on any atom is -0.494 e. The summed E-state index contributed by atoms with van der Waals surface area (Å²) in [5, 5.41) is 0. The number of carbonyl (C=O) groups excluding carboxylic acids is 3. The van der Waals surface area contributed by atoms with Crippen LogP contribution in [0.15, 0.2) is 78.9 Å². The topological polar surface area (TPSA) is 73.4 Å². The maximum atomic E-state index is 13.2. The Hall–Kier alpha value is -4.17. The van der Waals surface area contributed by atoms with Crippen molar-refractivity contribution in [3.05, 3.63) is 95.6 Å². The van der Waals surface area contributed by atoms with E-state index in [2.05, 4.69) is 11.0 Å². The lowest BCUT2D eigenvalue weighted by Gasteiger charge is -2.41. The highest BCUT2D eigenvalue weighted by Gasteiger charge is 2.33. The molecule has 43 heavy (non-hydrogen) atoms. The van der Waals surface area contributed by atoms with Gasteiger partial charge in [-0.3, -0.25) is 19.3 Å². The number of anilines is 1. The lowest BCUT2D eigenvalue weighted by atomic mass is 9.95. The molecule has 8 nitrogen and oxygen atoms in total. The summed E-state index contributed by atoms with van der Waals surface area (Å²) in [4.78, 5) is 46.9. The van der Waals surface area contributed by atoms with Crippen molar-refractivity contribution < 1.29 is 19.1 Å². The smallest absolute Gasteiger partial charge is 0.253 e. The Morgan fingerprint density at radius 2 is 1.33 bits per heavy atom. The summed E-state index contributed by atoms with van der Waals surface area (Å²) in [6.45, 7) is 6.03. The molecule has 0 saturated carbocycles. The molecule has 8 heteroatoms. The molecule has 3 aromatic carbocycles. The van der Waals surface area contributed by atoms with Crippen LogP contribution in [-0.4, -0.2) is 90.9 Å². The molecule has 0 spiro atoms. The second-order valence-corrected chi connectivity index (χ2v) is 11.6. The molecule has 3 aliphatic heterocycles. The Balaban J connectivity index is 0.911. The minimum atomic E-state index is 0.0280. The number of benzene rings is 3. The van der Waals surface area contributed by atoms with Crippen LogP contribution in [0.3, 0.4) is 0 Å². The van der Waals surface area contributed by atoms with E-state index in [4.69, 9.17) is 4.74 Å². The van der Waals surface area contributed by atoms with E-state index in [-0.39, 0.29) is 23.8 Å². The van der Waals surface area contributed by atoms with Crippen molar-refractivity contribution >= 4 is 23.4 Å². The molecular weight excluding hydrogens is 540 g/mol. The lowest BCUT2D eigenvalue weighted by molar-refractivity contribution is -0.119. The lowest BCUT2D eigenvalue weighted by Crippen LogP contribution is -2.50. The van der Waals surface area contributed by atoms with Crippen molar-refractivity contribution in [2.24, 2.45) is 0 Å². The van der Waals surface area contributed by atoms with Gasteiger partial charge in [0.2, 0.25) is 5.91 Å². The third kappa shape index (κ3) is 6.75. The molecule has 0 atom stereocenters. The van der Waals surface area contributed by atoms with Gasteiger partial charge in [0.1, 0.15) is 5.75 Å². The van der Waals surface area contributed by atoms with Gasteiger partial charge in [0, 0.05) is 75.1 Å². The molecule has 0 aromatic heterocycles. The predicted octanol–water partition coefficient (Wildman–Crippen LogP) is 4.50. The summed E-state index contributed by atoms with van der Waals surface area (Å²) >= 11 is 0. The maximum Gasteiger partial charge on any atom is 0.253 e. The molecule has 0 aliphatic carbocycles. The molecule has 3 aliphatic rings. The van der Waals surface area contributed by atoms with Crippen molar-refractivity contribution in [3.8, 4) is 5.75 Å². The predicted molar refractivity (Wildman–Crippen MR) is 167 cm³/mol. The fourth-order valence-electron chi connectivity index (χ4n) is 6.47. The van der Waals surface area contributed by atoms with Crippen LogP contribution in [0.2, 0.25) is 0 Å². The maximum absolute atomic E-state index is 13.2. The van der Waals surface area contributed by atoms with Crippen molar-refractivity contribution in [1.82, 2.24) is 14.7 Å². The van der Waals surface area contributed by atoms with Crippen LogP contribution in [0.25, 0.3) is 0 Å². The highest BCUT2D eigenvalue weighted by atomic mass is 16.5. The van der Waals surface area contributed by atoms with E-state index in [1.165, 1.54) is 5.56 Å². The van der Waals surface area contributed by atoms with Gasteiger partial charge in [-0.2, -0.15) is 0 Å². The first-order chi connectivity index (χ1) is 21.1. The van der Waals surface area contributed by atoms with Gasteiger partial charge in [-0.1, -0.05) is 36.4 Å². The second-order valence-electron chi connectivity index (χ2n) is 11.6. The van der Waals surface area contributed by atoms with Crippen LogP contribution < -0.4 is 9.64 Å². The van der Waals surface area contributed by atoms with Gasteiger partial charge in [-0.15, -0.1) is 0 Å². The number of piperidine rings is 1. The number of likely N-dealkylation sites (tertiary alicyclic amines) is 1. The number of carbonyl (C=O) groups is 3. The normalized spacial score (nSPS) is 18.0. The summed E-state index contributed by atoms with van der Waals surface area (Å²) < 4.78 is 5.96. The zero-order chi connectivity index (χ0) is 29.6. The summed E-state index contributed by atoms with van der Waals surface area (Å²) in [5.41, 5.74) is 3.68. The Kier molecular flexibility index (Phi) is 9.03. The van der Waals surface area contributed by atoms with Crippen LogP contribution in [0.4, 0.5) is 5.69 Å². The Morgan fingerprint density at radius 1 is 0.698 bits per heavy atom. The Labute approximate surface area is 253 Å². The average molecular weight is 581 g/mol. The summed E-state index contributed by atoms with van der Waals surface area (Å²) in [7, 11) is 0. The van der Waals surface area contributed by atoms with Gasteiger partial charge >= 0.3 is 0 Å². The van der Waals surface area contributed by atoms with Crippen molar-refractivity contribution in [2.75, 3.05) is 57.3 Å². The van der Waals surface area contributed by atoms with Gasteiger partial charge in [-0.25, -0.2) is 0 Å². The SMILES string of the molecule is O=C(c1ccc(OCCCN2CCN(C(=O)c3ccccc3)CC2)cc1)N1CCC(N2C(=O)CCc3ccccc32)CC1. The van der Waals surface area contributed by atoms with Crippen LogP contribution in [0.1, 0.15) is 52.0 Å². The number of aryl methyl sites for hydroxylation is 1. The Bertz CT molecular complexity index is 1410. The fraction of sp³-hybridized carbons (Fsp3) is 0.400. The molecule has 224 valence electrons. The molecule has 2 saturated heterocycles. The van der Waals surface area contributed by atoms with E-state index in [0.29, 0.717) is 31.7 Å². The van der Waals surface area contributed by atoms with Crippen LogP contribution in [0.5, 0.6) is 5.75 Å².